The predicted molar refractivity (Wildman–Crippen MR) is 119 cm³/mol. The van der Waals surface area contributed by atoms with Crippen molar-refractivity contribution in [3.05, 3.63) is 94.8 Å². The second-order valence-corrected chi connectivity index (χ2v) is 7.61. The van der Waals surface area contributed by atoms with Gasteiger partial charge in [0, 0.05) is 23.0 Å². The van der Waals surface area contributed by atoms with E-state index in [1.165, 1.54) is 22.8 Å². The topological polar surface area (TPSA) is 34.4 Å². The number of thiazole rings is 1. The molecule has 0 unspecified atom stereocenters. The van der Waals surface area contributed by atoms with E-state index in [9.17, 15) is 4.79 Å². The third-order valence-electron chi connectivity index (χ3n) is 4.40. The Morgan fingerprint density at radius 3 is 2.71 bits per heavy atom. The lowest BCUT2D eigenvalue weighted by Gasteiger charge is -2.02. The smallest absolute Gasteiger partial charge is 0.272 e. The fourth-order valence-electron chi connectivity index (χ4n) is 3.09. The van der Waals surface area contributed by atoms with Crippen LogP contribution in [0.4, 0.5) is 0 Å². The molecule has 5 heteroatoms. The summed E-state index contributed by atoms with van der Waals surface area (Å²) in [5.41, 5.74) is 1.83. The van der Waals surface area contributed by atoms with Crippen molar-refractivity contribution in [2.45, 2.75) is 6.54 Å². The minimum Gasteiger partial charge on any atom is -0.312 e. The summed E-state index contributed by atoms with van der Waals surface area (Å²) in [4.78, 5) is 17.4. The van der Waals surface area contributed by atoms with Gasteiger partial charge in [0.2, 0.25) is 0 Å². The van der Waals surface area contributed by atoms with E-state index in [1.54, 1.807) is 12.1 Å². The average Bonchev–Trinajstić information content (AvgIpc) is 3.05. The molecule has 0 aliphatic rings. The molecule has 0 N–H and O–H groups in total. The largest absolute Gasteiger partial charge is 0.312 e. The van der Waals surface area contributed by atoms with Gasteiger partial charge >= 0.3 is 0 Å². The standard InChI is InChI=1S/C23H17ClN2OS/c1-2-15-26-20-13-11-16-7-3-5-9-18(16)22(20)28-23(26)25-21(27)14-12-17-8-4-6-10-19(17)24/h2-14H,1,15H2/b14-12+,25-23?. The number of aromatic nitrogens is 1. The third kappa shape index (κ3) is 3.57. The summed E-state index contributed by atoms with van der Waals surface area (Å²) in [5.74, 6) is -0.325. The highest BCUT2D eigenvalue weighted by Gasteiger charge is 2.09. The average molecular weight is 405 g/mol. The molecule has 0 bridgehead atoms. The molecule has 1 amide bonds. The third-order valence-corrected chi connectivity index (χ3v) is 5.87. The maximum atomic E-state index is 12.5. The molecule has 28 heavy (non-hydrogen) atoms. The molecule has 4 rings (SSSR count). The Labute approximate surface area is 171 Å². The first-order chi connectivity index (χ1) is 13.7. The molecular weight excluding hydrogens is 388 g/mol. The number of halogens is 1. The van der Waals surface area contributed by atoms with Crippen LogP contribution in [0, 0.1) is 0 Å². The number of fused-ring (bicyclic) bond motifs is 3. The number of benzene rings is 3. The van der Waals surface area contributed by atoms with Gasteiger partial charge in [0.15, 0.2) is 4.80 Å². The number of rotatable bonds is 4. The van der Waals surface area contributed by atoms with Crippen LogP contribution in [-0.2, 0) is 11.3 Å². The minimum absolute atomic E-state index is 0.325. The summed E-state index contributed by atoms with van der Waals surface area (Å²) < 4.78 is 3.13. The number of nitrogens with zero attached hydrogens (tertiary/aromatic N) is 2. The van der Waals surface area contributed by atoms with Crippen LogP contribution in [0.2, 0.25) is 5.02 Å². The van der Waals surface area contributed by atoms with Crippen molar-refractivity contribution in [1.82, 2.24) is 4.57 Å². The predicted octanol–water partition coefficient (Wildman–Crippen LogP) is 5.84. The molecule has 0 saturated carbocycles. The number of allylic oxidation sites excluding steroid dienone is 1. The number of hydrogen-bond donors (Lipinski definition) is 0. The molecule has 0 fully saturated rings. The summed E-state index contributed by atoms with van der Waals surface area (Å²) in [6.07, 6.45) is 4.95. The Morgan fingerprint density at radius 2 is 1.89 bits per heavy atom. The summed E-state index contributed by atoms with van der Waals surface area (Å²) >= 11 is 7.65. The highest BCUT2D eigenvalue weighted by Crippen LogP contribution is 2.27. The normalized spacial score (nSPS) is 12.2. The summed E-state index contributed by atoms with van der Waals surface area (Å²) in [5, 5.41) is 2.92. The second kappa shape index (κ2) is 7.97. The number of carbonyl (C=O) groups excluding carboxylic acids is 1. The monoisotopic (exact) mass is 404 g/mol. The number of carbonyl (C=O) groups is 1. The quantitative estimate of drug-likeness (QED) is 0.311. The highest BCUT2D eigenvalue weighted by atomic mass is 35.5. The molecule has 1 aromatic heterocycles. The van der Waals surface area contributed by atoms with Crippen molar-refractivity contribution < 1.29 is 4.79 Å². The van der Waals surface area contributed by atoms with E-state index in [-0.39, 0.29) is 5.91 Å². The number of amides is 1. The van der Waals surface area contributed by atoms with Crippen LogP contribution in [-0.4, -0.2) is 10.5 Å². The van der Waals surface area contributed by atoms with Gasteiger partial charge < -0.3 is 4.57 Å². The van der Waals surface area contributed by atoms with Gasteiger partial charge in [-0.1, -0.05) is 77.5 Å². The molecule has 0 atom stereocenters. The van der Waals surface area contributed by atoms with Crippen molar-refractivity contribution >= 4 is 55.9 Å². The zero-order valence-corrected chi connectivity index (χ0v) is 16.6. The van der Waals surface area contributed by atoms with Crippen molar-refractivity contribution in [3.8, 4) is 0 Å². The Bertz CT molecular complexity index is 1300. The minimum atomic E-state index is -0.325. The van der Waals surface area contributed by atoms with Crippen LogP contribution < -0.4 is 4.80 Å². The lowest BCUT2D eigenvalue weighted by atomic mass is 10.1. The van der Waals surface area contributed by atoms with Gasteiger partial charge in [-0.3, -0.25) is 4.79 Å². The molecule has 138 valence electrons. The van der Waals surface area contributed by atoms with Gasteiger partial charge in [-0.05, 0) is 29.2 Å². The van der Waals surface area contributed by atoms with E-state index in [0.29, 0.717) is 16.4 Å². The molecule has 3 aromatic carbocycles. The van der Waals surface area contributed by atoms with Crippen molar-refractivity contribution in [3.63, 3.8) is 0 Å². The fraction of sp³-hybridized carbons (Fsp3) is 0.0435. The van der Waals surface area contributed by atoms with Gasteiger partial charge in [0.1, 0.15) is 0 Å². The Kier molecular flexibility index (Phi) is 5.24. The maximum absolute atomic E-state index is 12.5. The molecule has 0 spiro atoms. The first-order valence-corrected chi connectivity index (χ1v) is 10.00. The van der Waals surface area contributed by atoms with Crippen molar-refractivity contribution in [1.29, 1.82) is 0 Å². The zero-order valence-electron chi connectivity index (χ0n) is 15.0. The zero-order chi connectivity index (χ0) is 19.5. The van der Waals surface area contributed by atoms with Crippen LogP contribution in [0.1, 0.15) is 5.56 Å². The molecule has 0 radical (unpaired) electrons. The van der Waals surface area contributed by atoms with Crippen LogP contribution in [0.15, 0.2) is 84.4 Å². The van der Waals surface area contributed by atoms with Gasteiger partial charge in [-0.25, -0.2) is 0 Å². The lowest BCUT2D eigenvalue weighted by molar-refractivity contribution is -0.113. The molecule has 1 heterocycles. The molecule has 0 saturated heterocycles. The Balaban J connectivity index is 1.81. The van der Waals surface area contributed by atoms with E-state index in [1.807, 2.05) is 41.0 Å². The van der Waals surface area contributed by atoms with Crippen LogP contribution in [0.25, 0.3) is 27.1 Å². The Hall–Kier alpha value is -2.95. The van der Waals surface area contributed by atoms with E-state index < -0.39 is 0 Å². The fourth-order valence-corrected chi connectivity index (χ4v) is 4.47. The van der Waals surface area contributed by atoms with Crippen LogP contribution in [0.3, 0.4) is 0 Å². The SMILES string of the molecule is C=CCn1c(=NC(=O)/C=C/c2ccccc2Cl)sc2c3ccccc3ccc21. The summed E-state index contributed by atoms with van der Waals surface area (Å²) in [6, 6.07) is 19.8. The van der Waals surface area contributed by atoms with E-state index in [4.69, 9.17) is 11.6 Å². The first-order valence-electron chi connectivity index (χ1n) is 8.80. The van der Waals surface area contributed by atoms with Gasteiger partial charge in [-0.2, -0.15) is 4.99 Å². The molecular formula is C23H17ClN2OS. The summed E-state index contributed by atoms with van der Waals surface area (Å²) in [7, 11) is 0. The van der Waals surface area contributed by atoms with Crippen molar-refractivity contribution in [2.75, 3.05) is 0 Å². The van der Waals surface area contributed by atoms with E-state index in [2.05, 4.69) is 35.8 Å². The van der Waals surface area contributed by atoms with E-state index >= 15 is 0 Å². The van der Waals surface area contributed by atoms with Gasteiger partial charge in [0.05, 0.1) is 10.2 Å². The summed E-state index contributed by atoms with van der Waals surface area (Å²) in [6.45, 7) is 4.42. The second-order valence-electron chi connectivity index (χ2n) is 6.22. The van der Waals surface area contributed by atoms with E-state index in [0.717, 1.165) is 21.2 Å². The molecule has 0 aliphatic heterocycles. The molecule has 4 aromatic rings. The lowest BCUT2D eigenvalue weighted by Crippen LogP contribution is -2.15. The van der Waals surface area contributed by atoms with Gasteiger partial charge in [-0.15, -0.1) is 6.58 Å². The van der Waals surface area contributed by atoms with Crippen LogP contribution in [0.5, 0.6) is 0 Å². The molecule has 0 aliphatic carbocycles. The molecule has 3 nitrogen and oxygen atoms in total. The highest BCUT2D eigenvalue weighted by molar-refractivity contribution is 7.17. The Morgan fingerprint density at radius 1 is 1.11 bits per heavy atom. The van der Waals surface area contributed by atoms with Gasteiger partial charge in [0.25, 0.3) is 5.91 Å². The maximum Gasteiger partial charge on any atom is 0.272 e. The van der Waals surface area contributed by atoms with Crippen LogP contribution >= 0.6 is 22.9 Å². The first kappa shape index (κ1) is 18.4. The van der Waals surface area contributed by atoms with Crippen molar-refractivity contribution in [2.24, 2.45) is 4.99 Å². The number of hydrogen-bond acceptors (Lipinski definition) is 2.